The van der Waals surface area contributed by atoms with Crippen LogP contribution < -0.4 is 4.74 Å². The number of hydrogen-bond donors (Lipinski definition) is 0. The third-order valence-corrected chi connectivity index (χ3v) is 7.26. The minimum absolute atomic E-state index is 0.0120. The molecule has 0 bridgehead atoms. The van der Waals surface area contributed by atoms with Gasteiger partial charge in [-0.25, -0.2) is 0 Å². The van der Waals surface area contributed by atoms with Crippen molar-refractivity contribution in [3.8, 4) is 5.75 Å². The number of rotatable bonds is 8. The number of ether oxygens (including phenoxy) is 1. The predicted molar refractivity (Wildman–Crippen MR) is 144 cm³/mol. The van der Waals surface area contributed by atoms with Crippen molar-refractivity contribution in [2.45, 2.75) is 58.2 Å². The molecular weight excluding hydrogens is 487 g/mol. The maximum Gasteiger partial charge on any atom is 0.416 e. The van der Waals surface area contributed by atoms with Crippen LogP contribution in [-0.2, 0) is 17.4 Å². The molecule has 3 aromatic rings. The highest BCUT2D eigenvalue weighted by molar-refractivity contribution is 5.83. The minimum atomic E-state index is -4.40. The van der Waals surface area contributed by atoms with Crippen LogP contribution in [0.3, 0.4) is 0 Å². The summed E-state index contributed by atoms with van der Waals surface area (Å²) in [6.45, 7) is 7.56. The Balaban J connectivity index is 1.50. The van der Waals surface area contributed by atoms with Crippen molar-refractivity contribution in [3.05, 3.63) is 101 Å². The SMILES string of the molecule is CC(C)Cc1ccc([C@H](C)C(=O)N2CCCC([C@H](Oc3ccc(C(F)(F)F)cc3)c3ccccc3)C2)cc1. The second-order valence-electron chi connectivity index (χ2n) is 10.7. The highest BCUT2D eigenvalue weighted by Gasteiger charge is 2.34. The molecule has 0 N–H and O–H groups in total. The average molecular weight is 524 g/mol. The smallest absolute Gasteiger partial charge is 0.416 e. The zero-order valence-electron chi connectivity index (χ0n) is 22.2. The van der Waals surface area contributed by atoms with Gasteiger partial charge in [0.1, 0.15) is 11.9 Å². The van der Waals surface area contributed by atoms with Crippen LogP contribution in [0.15, 0.2) is 78.9 Å². The van der Waals surface area contributed by atoms with Gasteiger partial charge in [-0.1, -0.05) is 68.4 Å². The molecule has 6 heteroatoms. The molecule has 3 nitrogen and oxygen atoms in total. The number of alkyl halides is 3. The fourth-order valence-electron chi connectivity index (χ4n) is 5.24. The highest BCUT2D eigenvalue weighted by atomic mass is 19.4. The van der Waals surface area contributed by atoms with Gasteiger partial charge in [-0.3, -0.25) is 4.79 Å². The molecule has 0 aliphatic carbocycles. The van der Waals surface area contributed by atoms with Crippen molar-refractivity contribution in [2.75, 3.05) is 13.1 Å². The van der Waals surface area contributed by atoms with E-state index in [1.54, 1.807) is 0 Å². The van der Waals surface area contributed by atoms with E-state index in [2.05, 4.69) is 38.1 Å². The molecule has 3 atom stereocenters. The van der Waals surface area contributed by atoms with E-state index in [-0.39, 0.29) is 23.8 Å². The first kappa shape index (κ1) is 27.7. The number of halogens is 3. The van der Waals surface area contributed by atoms with Crippen LogP contribution in [0.5, 0.6) is 5.75 Å². The topological polar surface area (TPSA) is 29.5 Å². The van der Waals surface area contributed by atoms with E-state index in [1.165, 1.54) is 17.7 Å². The Morgan fingerprint density at radius 1 is 0.921 bits per heavy atom. The van der Waals surface area contributed by atoms with Gasteiger partial charge in [-0.05, 0) is 73.1 Å². The Morgan fingerprint density at radius 3 is 2.18 bits per heavy atom. The maximum absolute atomic E-state index is 13.5. The fraction of sp³-hybridized carbons (Fsp3) is 0.406. The molecule has 3 aromatic carbocycles. The molecule has 1 aliphatic rings. The summed E-state index contributed by atoms with van der Waals surface area (Å²) in [6, 6.07) is 22.9. The Hall–Kier alpha value is -3.28. The summed E-state index contributed by atoms with van der Waals surface area (Å²) >= 11 is 0. The largest absolute Gasteiger partial charge is 0.485 e. The van der Waals surface area contributed by atoms with E-state index in [1.807, 2.05) is 42.2 Å². The third-order valence-electron chi connectivity index (χ3n) is 7.26. The van der Waals surface area contributed by atoms with Gasteiger partial charge in [0.05, 0.1) is 11.5 Å². The molecule has 0 spiro atoms. The molecule has 1 aliphatic heterocycles. The summed E-state index contributed by atoms with van der Waals surface area (Å²) in [5.41, 5.74) is 2.51. The van der Waals surface area contributed by atoms with Crippen molar-refractivity contribution in [2.24, 2.45) is 11.8 Å². The van der Waals surface area contributed by atoms with Crippen LogP contribution in [0.4, 0.5) is 13.2 Å². The first-order chi connectivity index (χ1) is 18.1. The minimum Gasteiger partial charge on any atom is -0.485 e. The standard InChI is InChI=1S/C32H36F3NO2/c1-22(2)20-24-11-13-25(14-12-24)23(3)31(37)36-19-7-10-27(21-36)30(26-8-5-4-6-9-26)38-29-17-15-28(16-18-29)32(33,34)35/h4-6,8-9,11-18,22-23,27,30H,7,10,19-21H2,1-3H3/t23-,27?,30+/m0/s1. The molecule has 1 unspecified atom stereocenters. The van der Waals surface area contributed by atoms with Crippen molar-refractivity contribution < 1.29 is 22.7 Å². The summed E-state index contributed by atoms with van der Waals surface area (Å²) in [4.78, 5) is 15.5. The molecule has 38 heavy (non-hydrogen) atoms. The van der Waals surface area contributed by atoms with E-state index < -0.39 is 11.7 Å². The highest BCUT2D eigenvalue weighted by Crippen LogP contribution is 2.36. The molecule has 202 valence electrons. The molecular formula is C32H36F3NO2. The van der Waals surface area contributed by atoms with Crippen LogP contribution in [0.25, 0.3) is 0 Å². The second kappa shape index (κ2) is 12.1. The lowest BCUT2D eigenvalue weighted by Gasteiger charge is -2.38. The van der Waals surface area contributed by atoms with Gasteiger partial charge in [0.2, 0.25) is 5.91 Å². The van der Waals surface area contributed by atoms with Crippen molar-refractivity contribution in [1.82, 2.24) is 4.90 Å². The lowest BCUT2D eigenvalue weighted by Crippen LogP contribution is -2.44. The molecule has 1 fully saturated rings. The Kier molecular flexibility index (Phi) is 8.80. The van der Waals surface area contributed by atoms with Crippen molar-refractivity contribution in [3.63, 3.8) is 0 Å². The van der Waals surface area contributed by atoms with Gasteiger partial charge in [-0.15, -0.1) is 0 Å². The zero-order chi connectivity index (χ0) is 27.3. The average Bonchev–Trinajstić information content (AvgIpc) is 2.91. The molecule has 0 aromatic heterocycles. The number of piperidine rings is 1. The van der Waals surface area contributed by atoms with E-state index in [4.69, 9.17) is 4.74 Å². The molecule has 1 saturated heterocycles. The lowest BCUT2D eigenvalue weighted by molar-refractivity contribution is -0.137. The van der Waals surface area contributed by atoms with E-state index in [9.17, 15) is 18.0 Å². The van der Waals surface area contributed by atoms with Crippen LogP contribution in [-0.4, -0.2) is 23.9 Å². The van der Waals surface area contributed by atoms with E-state index >= 15 is 0 Å². The summed E-state index contributed by atoms with van der Waals surface area (Å²) in [5.74, 6) is 0.802. The van der Waals surface area contributed by atoms with Crippen LogP contribution >= 0.6 is 0 Å². The number of carbonyl (C=O) groups is 1. The first-order valence-electron chi connectivity index (χ1n) is 13.4. The lowest BCUT2D eigenvalue weighted by atomic mass is 9.87. The summed E-state index contributed by atoms with van der Waals surface area (Å²) in [7, 11) is 0. The van der Waals surface area contributed by atoms with E-state index in [0.29, 0.717) is 24.8 Å². The number of benzene rings is 3. The molecule has 0 radical (unpaired) electrons. The van der Waals surface area contributed by atoms with Crippen LogP contribution in [0.2, 0.25) is 0 Å². The summed E-state index contributed by atoms with van der Waals surface area (Å²) < 4.78 is 45.4. The third kappa shape index (κ3) is 6.97. The maximum atomic E-state index is 13.5. The number of nitrogens with zero attached hydrogens (tertiary/aromatic N) is 1. The normalized spacial score (nSPS) is 17.8. The quantitative estimate of drug-likeness (QED) is 0.299. The number of hydrogen-bond acceptors (Lipinski definition) is 2. The summed E-state index contributed by atoms with van der Waals surface area (Å²) in [5, 5.41) is 0. The van der Waals surface area contributed by atoms with Gasteiger partial charge >= 0.3 is 6.18 Å². The second-order valence-corrected chi connectivity index (χ2v) is 10.7. The molecule has 1 heterocycles. The molecule has 1 amide bonds. The monoisotopic (exact) mass is 523 g/mol. The number of likely N-dealkylation sites (tertiary alicyclic amines) is 1. The van der Waals surface area contributed by atoms with Gasteiger partial charge in [-0.2, -0.15) is 13.2 Å². The van der Waals surface area contributed by atoms with Crippen LogP contribution in [0.1, 0.15) is 67.9 Å². The van der Waals surface area contributed by atoms with Crippen molar-refractivity contribution >= 4 is 5.91 Å². The van der Waals surface area contributed by atoms with Gasteiger partial charge < -0.3 is 9.64 Å². The van der Waals surface area contributed by atoms with Crippen LogP contribution in [0, 0.1) is 11.8 Å². The van der Waals surface area contributed by atoms with Gasteiger partial charge in [0, 0.05) is 19.0 Å². The molecule has 4 rings (SSSR count). The van der Waals surface area contributed by atoms with Crippen molar-refractivity contribution in [1.29, 1.82) is 0 Å². The number of carbonyl (C=O) groups excluding carboxylic acids is 1. The van der Waals surface area contributed by atoms with Gasteiger partial charge in [0.25, 0.3) is 0 Å². The molecule has 0 saturated carbocycles. The number of amides is 1. The van der Waals surface area contributed by atoms with Gasteiger partial charge in [0.15, 0.2) is 0 Å². The Morgan fingerprint density at radius 2 is 1.58 bits per heavy atom. The zero-order valence-corrected chi connectivity index (χ0v) is 22.2. The predicted octanol–water partition coefficient (Wildman–Crippen LogP) is 8.07. The first-order valence-corrected chi connectivity index (χ1v) is 13.4. The summed E-state index contributed by atoms with van der Waals surface area (Å²) in [6.07, 6.45) is -2.06. The Labute approximate surface area is 223 Å². The Bertz CT molecular complexity index is 1170. The van der Waals surface area contributed by atoms with E-state index in [0.717, 1.165) is 42.5 Å². The fourth-order valence-corrected chi connectivity index (χ4v) is 5.24.